The first kappa shape index (κ1) is 14.4. The fraction of sp³-hybridized carbons (Fsp3) is 0.375. The molecule has 6 nitrogen and oxygen atoms in total. The van der Waals surface area contributed by atoms with Gasteiger partial charge in [0.1, 0.15) is 6.04 Å². The predicted molar refractivity (Wildman–Crippen MR) is 80.7 cm³/mol. The molecular weight excluding hydrogens is 282 g/mol. The van der Waals surface area contributed by atoms with Crippen LogP contribution in [0, 0.1) is 13.8 Å². The third kappa shape index (κ3) is 2.41. The van der Waals surface area contributed by atoms with Crippen molar-refractivity contribution in [3.63, 3.8) is 0 Å². The molecule has 0 spiro atoms. The van der Waals surface area contributed by atoms with Crippen LogP contribution in [0.15, 0.2) is 18.2 Å². The lowest BCUT2D eigenvalue weighted by Crippen LogP contribution is -2.40. The molecule has 22 heavy (non-hydrogen) atoms. The first-order valence-corrected chi connectivity index (χ1v) is 7.26. The Morgan fingerprint density at radius 2 is 1.86 bits per heavy atom. The van der Waals surface area contributed by atoms with Crippen LogP contribution in [-0.2, 0) is 4.79 Å². The van der Waals surface area contributed by atoms with E-state index in [1.807, 2.05) is 13.8 Å². The number of carboxylic acids is 1. The molecule has 3 rings (SSSR count). The number of hydrogen-bond donors (Lipinski definition) is 1. The highest BCUT2D eigenvalue weighted by Crippen LogP contribution is 2.22. The minimum absolute atomic E-state index is 0.258. The molecule has 2 heterocycles. The second kappa shape index (κ2) is 5.36. The maximum absolute atomic E-state index is 12.6. The van der Waals surface area contributed by atoms with Crippen LogP contribution < -0.4 is 0 Å². The van der Waals surface area contributed by atoms with E-state index in [0.717, 1.165) is 16.9 Å². The van der Waals surface area contributed by atoms with Crippen LogP contribution in [0.3, 0.4) is 0 Å². The average molecular weight is 299 g/mol. The smallest absolute Gasteiger partial charge is 0.326 e. The van der Waals surface area contributed by atoms with E-state index in [-0.39, 0.29) is 5.91 Å². The first-order valence-electron chi connectivity index (χ1n) is 7.26. The van der Waals surface area contributed by atoms with E-state index in [2.05, 4.69) is 9.97 Å². The fourth-order valence-corrected chi connectivity index (χ4v) is 2.80. The number of benzene rings is 1. The third-order valence-corrected chi connectivity index (χ3v) is 4.12. The molecule has 1 aromatic carbocycles. The van der Waals surface area contributed by atoms with E-state index in [1.54, 1.807) is 18.2 Å². The van der Waals surface area contributed by atoms with Crippen molar-refractivity contribution >= 4 is 22.9 Å². The summed E-state index contributed by atoms with van der Waals surface area (Å²) in [5.74, 6) is -1.20. The Labute approximate surface area is 127 Å². The summed E-state index contributed by atoms with van der Waals surface area (Å²) in [6.07, 6.45) is 1.22. The van der Waals surface area contributed by atoms with E-state index >= 15 is 0 Å². The van der Waals surface area contributed by atoms with Crippen molar-refractivity contribution in [3.05, 3.63) is 35.2 Å². The molecule has 2 aromatic rings. The Morgan fingerprint density at radius 3 is 2.55 bits per heavy atom. The van der Waals surface area contributed by atoms with Crippen LogP contribution in [0.25, 0.3) is 11.0 Å². The van der Waals surface area contributed by atoms with Gasteiger partial charge in [0, 0.05) is 12.1 Å². The number of amides is 1. The fourth-order valence-electron chi connectivity index (χ4n) is 2.80. The van der Waals surface area contributed by atoms with Crippen LogP contribution in [0.2, 0.25) is 0 Å². The Kier molecular flexibility index (Phi) is 3.52. The van der Waals surface area contributed by atoms with Gasteiger partial charge in [-0.3, -0.25) is 4.79 Å². The van der Waals surface area contributed by atoms with Crippen LogP contribution in [0.1, 0.15) is 34.6 Å². The molecule has 6 heteroatoms. The quantitative estimate of drug-likeness (QED) is 0.916. The van der Waals surface area contributed by atoms with E-state index in [9.17, 15) is 14.7 Å². The molecule has 1 saturated heterocycles. The van der Waals surface area contributed by atoms with Crippen molar-refractivity contribution in [2.24, 2.45) is 0 Å². The lowest BCUT2D eigenvalue weighted by atomic mass is 10.1. The molecule has 1 N–H and O–H groups in total. The number of fused-ring (bicyclic) bond motifs is 1. The van der Waals surface area contributed by atoms with Gasteiger partial charge in [-0.15, -0.1) is 0 Å². The summed E-state index contributed by atoms with van der Waals surface area (Å²) in [5.41, 5.74) is 3.52. The first-order chi connectivity index (χ1) is 10.5. The highest BCUT2D eigenvalue weighted by atomic mass is 16.4. The van der Waals surface area contributed by atoms with Gasteiger partial charge in [0.2, 0.25) is 0 Å². The van der Waals surface area contributed by atoms with Crippen molar-refractivity contribution in [1.29, 1.82) is 0 Å². The van der Waals surface area contributed by atoms with Gasteiger partial charge in [-0.05, 0) is 44.9 Å². The second-order valence-corrected chi connectivity index (χ2v) is 5.59. The maximum atomic E-state index is 12.6. The molecule has 0 radical (unpaired) electrons. The van der Waals surface area contributed by atoms with Gasteiger partial charge in [-0.25, -0.2) is 14.8 Å². The zero-order valence-electron chi connectivity index (χ0n) is 12.5. The molecular formula is C16H17N3O3. The van der Waals surface area contributed by atoms with Gasteiger partial charge in [0.25, 0.3) is 5.91 Å². The van der Waals surface area contributed by atoms with Gasteiger partial charge in [-0.2, -0.15) is 0 Å². The molecule has 1 amide bonds. The second-order valence-electron chi connectivity index (χ2n) is 5.59. The lowest BCUT2D eigenvalue weighted by molar-refractivity contribution is -0.141. The highest BCUT2D eigenvalue weighted by molar-refractivity contribution is 5.99. The summed E-state index contributed by atoms with van der Waals surface area (Å²) in [7, 11) is 0. The lowest BCUT2D eigenvalue weighted by Gasteiger charge is -2.21. The predicted octanol–water partition coefficient (Wildman–Crippen LogP) is 1.94. The molecule has 0 unspecified atom stereocenters. The van der Waals surface area contributed by atoms with Crippen molar-refractivity contribution < 1.29 is 14.7 Å². The third-order valence-electron chi connectivity index (χ3n) is 4.12. The van der Waals surface area contributed by atoms with Gasteiger partial charge in [-0.1, -0.05) is 0 Å². The largest absolute Gasteiger partial charge is 0.480 e. The topological polar surface area (TPSA) is 83.4 Å². The molecule has 0 bridgehead atoms. The molecule has 1 aliphatic heterocycles. The highest BCUT2D eigenvalue weighted by Gasteiger charge is 2.34. The van der Waals surface area contributed by atoms with Gasteiger partial charge in [0.15, 0.2) is 0 Å². The van der Waals surface area contributed by atoms with E-state index in [0.29, 0.717) is 30.5 Å². The Bertz CT molecular complexity index is 773. The average Bonchev–Trinajstić information content (AvgIpc) is 2.97. The molecule has 1 fully saturated rings. The number of carbonyl (C=O) groups is 2. The van der Waals surface area contributed by atoms with Crippen LogP contribution in [-0.4, -0.2) is 44.4 Å². The van der Waals surface area contributed by atoms with Crippen LogP contribution >= 0.6 is 0 Å². The summed E-state index contributed by atoms with van der Waals surface area (Å²) in [6, 6.07) is 4.40. The van der Waals surface area contributed by atoms with Gasteiger partial charge < -0.3 is 10.0 Å². The number of carbonyl (C=O) groups excluding carboxylic acids is 1. The molecule has 1 atom stereocenters. The summed E-state index contributed by atoms with van der Waals surface area (Å²) < 4.78 is 0. The van der Waals surface area contributed by atoms with Crippen LogP contribution in [0.4, 0.5) is 0 Å². The van der Waals surface area contributed by atoms with Crippen molar-refractivity contribution in [2.75, 3.05) is 6.54 Å². The van der Waals surface area contributed by atoms with Crippen molar-refractivity contribution in [1.82, 2.24) is 14.9 Å². The van der Waals surface area contributed by atoms with E-state index < -0.39 is 12.0 Å². The minimum atomic E-state index is -0.946. The zero-order chi connectivity index (χ0) is 15.9. The molecule has 114 valence electrons. The monoisotopic (exact) mass is 299 g/mol. The summed E-state index contributed by atoms with van der Waals surface area (Å²) in [4.78, 5) is 34.1. The van der Waals surface area contributed by atoms with E-state index in [4.69, 9.17) is 0 Å². The summed E-state index contributed by atoms with van der Waals surface area (Å²) in [5, 5.41) is 9.20. The Balaban J connectivity index is 1.97. The standard InChI is InChI=1S/C16H17N3O3/c1-9-10(2)18-13-8-11(5-6-12(13)17-9)15(20)19-7-3-4-14(19)16(21)22/h5-6,8,14H,3-4,7H2,1-2H3,(H,21,22)/t14-/m0/s1. The Morgan fingerprint density at radius 1 is 1.18 bits per heavy atom. The minimum Gasteiger partial charge on any atom is -0.480 e. The van der Waals surface area contributed by atoms with Gasteiger partial charge >= 0.3 is 5.97 Å². The van der Waals surface area contributed by atoms with E-state index in [1.165, 1.54) is 4.90 Å². The number of aromatic nitrogens is 2. The number of nitrogens with zero attached hydrogens (tertiary/aromatic N) is 3. The number of carboxylic acid groups (broad SMARTS) is 1. The number of aliphatic carboxylic acids is 1. The maximum Gasteiger partial charge on any atom is 0.326 e. The number of rotatable bonds is 2. The molecule has 0 aliphatic carbocycles. The Hall–Kier alpha value is -2.50. The molecule has 1 aliphatic rings. The normalized spacial score (nSPS) is 17.9. The zero-order valence-corrected chi connectivity index (χ0v) is 12.5. The van der Waals surface area contributed by atoms with Gasteiger partial charge in [0.05, 0.1) is 22.4 Å². The SMILES string of the molecule is Cc1nc2ccc(C(=O)N3CCC[C@H]3C(=O)O)cc2nc1C. The number of aryl methyl sites for hydroxylation is 2. The summed E-state index contributed by atoms with van der Waals surface area (Å²) >= 11 is 0. The number of likely N-dealkylation sites (tertiary alicyclic amines) is 1. The van der Waals surface area contributed by atoms with Crippen molar-refractivity contribution in [3.8, 4) is 0 Å². The molecule has 1 aromatic heterocycles. The van der Waals surface area contributed by atoms with Crippen molar-refractivity contribution in [2.45, 2.75) is 32.7 Å². The number of hydrogen-bond acceptors (Lipinski definition) is 4. The molecule has 0 saturated carbocycles. The van der Waals surface area contributed by atoms with Crippen LogP contribution in [0.5, 0.6) is 0 Å². The summed E-state index contributed by atoms with van der Waals surface area (Å²) in [6.45, 7) is 4.24.